The van der Waals surface area contributed by atoms with Gasteiger partial charge < -0.3 is 5.11 Å². The van der Waals surface area contributed by atoms with Crippen molar-refractivity contribution in [1.82, 2.24) is 0 Å². The Morgan fingerprint density at radius 2 is 1.87 bits per heavy atom. The minimum absolute atomic E-state index is 0.134. The van der Waals surface area contributed by atoms with Crippen LogP contribution in [-0.2, 0) is 4.79 Å². The standard InChI is InChI=1S/C10H4Cl2O3/c11-6-1-2-7(8(12)5-6)9(13)3-4-10(14)15/h1-2,5H,(H,14,15). The normalized spacial score (nSPS) is 8.93. The molecule has 0 fully saturated rings. The van der Waals surface area contributed by atoms with E-state index in [1.54, 1.807) is 5.92 Å². The Balaban J connectivity index is 3.04. The van der Waals surface area contributed by atoms with E-state index in [1.165, 1.54) is 18.2 Å². The first kappa shape index (κ1) is 11.6. The number of Topliss-reactive ketones (excluding diaryl/α,β-unsaturated/α-hetero) is 1. The third-order valence-corrected chi connectivity index (χ3v) is 2.01. The van der Waals surface area contributed by atoms with Crippen LogP contribution in [0.1, 0.15) is 10.4 Å². The number of carbonyl (C=O) groups is 2. The monoisotopic (exact) mass is 242 g/mol. The Kier molecular flexibility index (Phi) is 3.73. The summed E-state index contributed by atoms with van der Waals surface area (Å²) in [6.45, 7) is 0. The minimum atomic E-state index is -1.37. The van der Waals surface area contributed by atoms with Crippen molar-refractivity contribution < 1.29 is 14.7 Å². The van der Waals surface area contributed by atoms with Crippen LogP contribution in [0.2, 0.25) is 10.0 Å². The van der Waals surface area contributed by atoms with E-state index in [2.05, 4.69) is 0 Å². The topological polar surface area (TPSA) is 54.4 Å². The fourth-order valence-electron chi connectivity index (χ4n) is 0.851. The van der Waals surface area contributed by atoms with Gasteiger partial charge in [0.2, 0.25) is 5.78 Å². The summed E-state index contributed by atoms with van der Waals surface area (Å²) in [5.74, 6) is 1.63. The number of halogens is 2. The van der Waals surface area contributed by atoms with Gasteiger partial charge in [-0.2, -0.15) is 0 Å². The number of carbonyl (C=O) groups excluding carboxylic acids is 1. The van der Waals surface area contributed by atoms with E-state index >= 15 is 0 Å². The van der Waals surface area contributed by atoms with Crippen LogP contribution < -0.4 is 0 Å². The average molecular weight is 243 g/mol. The molecule has 0 atom stereocenters. The van der Waals surface area contributed by atoms with Crippen molar-refractivity contribution in [2.45, 2.75) is 0 Å². The van der Waals surface area contributed by atoms with Crippen LogP contribution in [0.15, 0.2) is 18.2 Å². The van der Waals surface area contributed by atoms with Gasteiger partial charge in [0.05, 0.1) is 5.02 Å². The number of benzene rings is 1. The van der Waals surface area contributed by atoms with Crippen molar-refractivity contribution >= 4 is 35.0 Å². The molecule has 0 unspecified atom stereocenters. The Morgan fingerprint density at radius 1 is 1.20 bits per heavy atom. The molecule has 76 valence electrons. The average Bonchev–Trinajstić information content (AvgIpc) is 2.14. The van der Waals surface area contributed by atoms with Crippen LogP contribution >= 0.6 is 23.2 Å². The second-order valence-electron chi connectivity index (χ2n) is 2.51. The molecule has 0 aliphatic heterocycles. The summed E-state index contributed by atoms with van der Waals surface area (Å²) in [7, 11) is 0. The summed E-state index contributed by atoms with van der Waals surface area (Å²) in [6.07, 6.45) is 0. The molecule has 0 bridgehead atoms. The number of hydrogen-bond donors (Lipinski definition) is 1. The summed E-state index contributed by atoms with van der Waals surface area (Å²) in [5, 5.41) is 8.78. The second kappa shape index (κ2) is 4.83. The third kappa shape index (κ3) is 3.28. The van der Waals surface area contributed by atoms with Gasteiger partial charge in [-0.1, -0.05) is 23.2 Å². The zero-order valence-electron chi connectivity index (χ0n) is 7.25. The quantitative estimate of drug-likeness (QED) is 0.467. The summed E-state index contributed by atoms with van der Waals surface area (Å²) in [4.78, 5) is 21.4. The molecular formula is C10H4Cl2O3. The summed E-state index contributed by atoms with van der Waals surface area (Å²) >= 11 is 11.3. The Morgan fingerprint density at radius 3 is 2.40 bits per heavy atom. The lowest BCUT2D eigenvalue weighted by molar-refractivity contribution is -0.130. The summed E-state index contributed by atoms with van der Waals surface area (Å²) in [6, 6.07) is 4.26. The summed E-state index contributed by atoms with van der Waals surface area (Å²) in [5.41, 5.74) is 0.134. The molecular weight excluding hydrogens is 239 g/mol. The Hall–Kier alpha value is -1.50. The third-order valence-electron chi connectivity index (χ3n) is 1.46. The molecule has 0 aliphatic rings. The smallest absolute Gasteiger partial charge is 0.382 e. The number of rotatable bonds is 1. The van der Waals surface area contributed by atoms with Gasteiger partial charge in [-0.15, -0.1) is 0 Å². The Bertz CT molecular complexity index is 483. The van der Waals surface area contributed by atoms with Crippen LogP contribution in [0.3, 0.4) is 0 Å². The second-order valence-corrected chi connectivity index (χ2v) is 3.35. The molecule has 0 saturated carbocycles. The highest BCUT2D eigenvalue weighted by atomic mass is 35.5. The van der Waals surface area contributed by atoms with E-state index in [4.69, 9.17) is 28.3 Å². The number of aliphatic carboxylic acids is 1. The highest BCUT2D eigenvalue weighted by Crippen LogP contribution is 2.20. The molecule has 15 heavy (non-hydrogen) atoms. The van der Waals surface area contributed by atoms with E-state index in [0.29, 0.717) is 5.02 Å². The molecule has 0 aliphatic carbocycles. The van der Waals surface area contributed by atoms with E-state index in [1.807, 2.05) is 5.92 Å². The van der Waals surface area contributed by atoms with E-state index in [0.717, 1.165) is 0 Å². The van der Waals surface area contributed by atoms with Gasteiger partial charge in [0.1, 0.15) is 0 Å². The fraction of sp³-hybridized carbons (Fsp3) is 0. The molecule has 1 rings (SSSR count). The number of ketones is 1. The predicted octanol–water partition coefficient (Wildman–Crippen LogP) is 2.26. The lowest BCUT2D eigenvalue weighted by atomic mass is 10.1. The van der Waals surface area contributed by atoms with Gasteiger partial charge in [-0.3, -0.25) is 4.79 Å². The maximum Gasteiger partial charge on any atom is 0.382 e. The molecule has 0 heterocycles. The minimum Gasteiger partial charge on any atom is -0.472 e. The highest BCUT2D eigenvalue weighted by molar-refractivity contribution is 6.37. The molecule has 0 aromatic heterocycles. The van der Waals surface area contributed by atoms with Crippen molar-refractivity contribution in [3.05, 3.63) is 33.8 Å². The maximum absolute atomic E-state index is 11.3. The molecule has 0 amide bonds. The first-order valence-electron chi connectivity index (χ1n) is 3.75. The van der Waals surface area contributed by atoms with Crippen molar-refractivity contribution in [1.29, 1.82) is 0 Å². The van der Waals surface area contributed by atoms with Gasteiger partial charge in [-0.05, 0) is 24.1 Å². The van der Waals surface area contributed by atoms with Crippen molar-refractivity contribution in [2.75, 3.05) is 0 Å². The molecule has 1 aromatic carbocycles. The van der Waals surface area contributed by atoms with Crippen LogP contribution in [0.4, 0.5) is 0 Å². The number of hydrogen-bond acceptors (Lipinski definition) is 2. The van der Waals surface area contributed by atoms with Gasteiger partial charge in [0.15, 0.2) is 0 Å². The maximum atomic E-state index is 11.3. The molecule has 0 saturated heterocycles. The SMILES string of the molecule is O=C(O)C#CC(=O)c1ccc(Cl)cc1Cl. The lowest BCUT2D eigenvalue weighted by Gasteiger charge is -1.97. The van der Waals surface area contributed by atoms with Crippen LogP contribution in [-0.4, -0.2) is 16.9 Å². The molecule has 3 nitrogen and oxygen atoms in total. The largest absolute Gasteiger partial charge is 0.472 e. The Labute approximate surface area is 95.6 Å². The van der Waals surface area contributed by atoms with Crippen LogP contribution in [0, 0.1) is 11.8 Å². The van der Waals surface area contributed by atoms with Gasteiger partial charge in [0.25, 0.3) is 0 Å². The van der Waals surface area contributed by atoms with Gasteiger partial charge in [-0.25, -0.2) is 4.79 Å². The highest BCUT2D eigenvalue weighted by Gasteiger charge is 2.08. The first-order chi connectivity index (χ1) is 7.00. The molecule has 0 radical (unpaired) electrons. The van der Waals surface area contributed by atoms with Gasteiger partial charge >= 0.3 is 5.97 Å². The molecule has 0 spiro atoms. The number of carboxylic acids is 1. The molecule has 1 N–H and O–H groups in total. The van der Waals surface area contributed by atoms with Crippen LogP contribution in [0.25, 0.3) is 0 Å². The lowest BCUT2D eigenvalue weighted by Crippen LogP contribution is -1.98. The zero-order valence-corrected chi connectivity index (χ0v) is 8.76. The molecule has 1 aromatic rings. The van der Waals surface area contributed by atoms with E-state index in [-0.39, 0.29) is 10.6 Å². The predicted molar refractivity (Wildman–Crippen MR) is 56.2 cm³/mol. The first-order valence-corrected chi connectivity index (χ1v) is 4.50. The van der Waals surface area contributed by atoms with Crippen molar-refractivity contribution in [2.24, 2.45) is 0 Å². The van der Waals surface area contributed by atoms with E-state index in [9.17, 15) is 9.59 Å². The fourth-order valence-corrected chi connectivity index (χ4v) is 1.35. The van der Waals surface area contributed by atoms with E-state index < -0.39 is 11.8 Å². The van der Waals surface area contributed by atoms with Gasteiger partial charge in [0, 0.05) is 16.5 Å². The van der Waals surface area contributed by atoms with Crippen molar-refractivity contribution in [3.63, 3.8) is 0 Å². The molecule has 5 heteroatoms. The summed E-state index contributed by atoms with van der Waals surface area (Å²) < 4.78 is 0. The zero-order chi connectivity index (χ0) is 11.4. The van der Waals surface area contributed by atoms with Crippen LogP contribution in [0.5, 0.6) is 0 Å². The van der Waals surface area contributed by atoms with Crippen molar-refractivity contribution in [3.8, 4) is 11.8 Å². The number of carboxylic acid groups (broad SMARTS) is 1.